The van der Waals surface area contributed by atoms with Crippen LogP contribution in [0.5, 0.6) is 0 Å². The molecule has 1 nitrogen and oxygen atoms in total. The first-order valence-corrected chi connectivity index (χ1v) is 7.16. The van der Waals surface area contributed by atoms with Crippen molar-refractivity contribution in [2.24, 2.45) is 0 Å². The second-order valence-electron chi connectivity index (χ2n) is 5.30. The van der Waals surface area contributed by atoms with Crippen molar-refractivity contribution in [3.8, 4) is 0 Å². The van der Waals surface area contributed by atoms with Gasteiger partial charge in [0.2, 0.25) is 0 Å². The number of unbranched alkanes of at least 4 members (excludes halogenated alkanes) is 5. The van der Waals surface area contributed by atoms with E-state index in [2.05, 4.69) is 12.2 Å². The largest absolute Gasteiger partial charge is 0.314 e. The zero-order valence-corrected chi connectivity index (χ0v) is 10.9. The van der Waals surface area contributed by atoms with Crippen LogP contribution in [0.25, 0.3) is 0 Å². The monoisotopic (exact) mass is 229 g/mol. The molecule has 1 fully saturated rings. The molecule has 1 N–H and O–H groups in total. The van der Waals surface area contributed by atoms with Gasteiger partial charge >= 0.3 is 0 Å². The van der Waals surface area contributed by atoms with Gasteiger partial charge in [-0.3, -0.25) is 0 Å². The lowest BCUT2D eigenvalue weighted by molar-refractivity contribution is 0.168. The quantitative estimate of drug-likeness (QED) is 0.584. The lowest BCUT2D eigenvalue weighted by Crippen LogP contribution is -2.34. The summed E-state index contributed by atoms with van der Waals surface area (Å²) in [5.41, 5.74) is -0.873. The molecule has 0 atom stereocenters. The first-order valence-electron chi connectivity index (χ1n) is 7.16. The summed E-state index contributed by atoms with van der Waals surface area (Å²) in [7, 11) is 0. The van der Waals surface area contributed by atoms with Crippen LogP contribution in [0.3, 0.4) is 0 Å². The molecule has 1 rings (SSSR count). The van der Waals surface area contributed by atoms with Crippen LogP contribution in [0.15, 0.2) is 0 Å². The predicted octanol–water partition coefficient (Wildman–Crippen LogP) is 4.22. The third-order valence-electron chi connectivity index (χ3n) is 3.65. The lowest BCUT2D eigenvalue weighted by atomic mass is 10.1. The fourth-order valence-corrected chi connectivity index (χ4v) is 2.53. The Labute approximate surface area is 100 Å². The topological polar surface area (TPSA) is 12.0 Å². The van der Waals surface area contributed by atoms with Gasteiger partial charge in [0.25, 0.3) is 0 Å². The van der Waals surface area contributed by atoms with Crippen molar-refractivity contribution in [3.63, 3.8) is 0 Å². The number of nitrogens with one attached hydrogen (secondary N) is 1. The highest BCUT2D eigenvalue weighted by molar-refractivity contribution is 4.86. The van der Waals surface area contributed by atoms with Gasteiger partial charge in [0.1, 0.15) is 5.67 Å². The molecular weight excluding hydrogens is 201 g/mol. The smallest absolute Gasteiger partial charge is 0.123 e. The maximum Gasteiger partial charge on any atom is 0.123 e. The normalized spacial score (nSPS) is 19.1. The van der Waals surface area contributed by atoms with Gasteiger partial charge in [0, 0.05) is 6.54 Å². The second-order valence-corrected chi connectivity index (χ2v) is 5.30. The van der Waals surface area contributed by atoms with Crippen molar-refractivity contribution in [2.75, 3.05) is 13.1 Å². The number of hydrogen-bond donors (Lipinski definition) is 1. The van der Waals surface area contributed by atoms with E-state index in [0.29, 0.717) is 6.54 Å². The molecule has 96 valence electrons. The fourth-order valence-electron chi connectivity index (χ4n) is 2.53. The van der Waals surface area contributed by atoms with E-state index in [4.69, 9.17) is 0 Å². The molecular formula is C14H28FN. The van der Waals surface area contributed by atoms with E-state index in [1.807, 2.05) is 0 Å². The zero-order chi connectivity index (χ0) is 11.7. The standard InChI is InChI=1S/C14H28FN/c1-2-3-4-5-6-9-12-16-13-14(15)10-7-8-11-14/h16H,2-13H2,1H3. The van der Waals surface area contributed by atoms with E-state index in [1.54, 1.807) is 0 Å². The minimum absolute atomic E-state index is 0.585. The Kier molecular flexibility index (Phi) is 7.02. The molecule has 0 aliphatic heterocycles. The number of hydrogen-bond acceptors (Lipinski definition) is 1. The van der Waals surface area contributed by atoms with E-state index >= 15 is 0 Å². The lowest BCUT2D eigenvalue weighted by Gasteiger charge is -2.19. The molecule has 0 heterocycles. The Morgan fingerprint density at radius 2 is 1.62 bits per heavy atom. The Morgan fingerprint density at radius 1 is 1.00 bits per heavy atom. The van der Waals surface area contributed by atoms with E-state index in [1.165, 1.54) is 38.5 Å². The maximum atomic E-state index is 13.9. The molecule has 0 aromatic carbocycles. The highest BCUT2D eigenvalue weighted by Crippen LogP contribution is 2.32. The Balaban J connectivity index is 1.84. The Morgan fingerprint density at radius 3 is 2.31 bits per heavy atom. The van der Waals surface area contributed by atoms with Crippen LogP contribution in [0.4, 0.5) is 4.39 Å². The molecule has 2 heteroatoms. The van der Waals surface area contributed by atoms with Gasteiger partial charge in [-0.1, -0.05) is 51.9 Å². The predicted molar refractivity (Wildman–Crippen MR) is 68.6 cm³/mol. The minimum atomic E-state index is -0.873. The summed E-state index contributed by atoms with van der Waals surface area (Å²) in [6, 6.07) is 0. The van der Waals surface area contributed by atoms with E-state index in [-0.39, 0.29) is 0 Å². The van der Waals surface area contributed by atoms with Gasteiger partial charge in [-0.15, -0.1) is 0 Å². The Hall–Kier alpha value is -0.110. The van der Waals surface area contributed by atoms with Crippen LogP contribution >= 0.6 is 0 Å². The van der Waals surface area contributed by atoms with Gasteiger partial charge in [-0.2, -0.15) is 0 Å². The average Bonchev–Trinajstić information content (AvgIpc) is 2.70. The van der Waals surface area contributed by atoms with Crippen LogP contribution in [0.1, 0.15) is 71.1 Å². The summed E-state index contributed by atoms with van der Waals surface area (Å²) in [4.78, 5) is 0. The third kappa shape index (κ3) is 5.83. The summed E-state index contributed by atoms with van der Waals surface area (Å²) >= 11 is 0. The van der Waals surface area contributed by atoms with Gasteiger partial charge in [-0.25, -0.2) is 4.39 Å². The molecule has 0 unspecified atom stereocenters. The van der Waals surface area contributed by atoms with Crippen molar-refractivity contribution < 1.29 is 4.39 Å². The van der Waals surface area contributed by atoms with Crippen LogP contribution in [0.2, 0.25) is 0 Å². The number of alkyl halides is 1. The molecule has 0 radical (unpaired) electrons. The van der Waals surface area contributed by atoms with E-state index in [0.717, 1.165) is 32.2 Å². The van der Waals surface area contributed by atoms with Crippen molar-refractivity contribution >= 4 is 0 Å². The summed E-state index contributed by atoms with van der Waals surface area (Å²) < 4.78 is 13.9. The minimum Gasteiger partial charge on any atom is -0.314 e. The van der Waals surface area contributed by atoms with Crippen LogP contribution in [-0.4, -0.2) is 18.8 Å². The summed E-state index contributed by atoms with van der Waals surface area (Å²) in [6.45, 7) is 3.82. The van der Waals surface area contributed by atoms with Gasteiger partial charge in [0.05, 0.1) is 0 Å². The molecule has 0 aromatic rings. The summed E-state index contributed by atoms with van der Waals surface area (Å²) in [5.74, 6) is 0. The summed E-state index contributed by atoms with van der Waals surface area (Å²) in [6.07, 6.45) is 11.6. The zero-order valence-electron chi connectivity index (χ0n) is 10.9. The number of rotatable bonds is 9. The van der Waals surface area contributed by atoms with Crippen LogP contribution in [0, 0.1) is 0 Å². The first kappa shape index (κ1) is 14.0. The van der Waals surface area contributed by atoms with Gasteiger partial charge in [0.15, 0.2) is 0 Å². The molecule has 1 aliphatic carbocycles. The van der Waals surface area contributed by atoms with E-state index < -0.39 is 5.67 Å². The average molecular weight is 229 g/mol. The van der Waals surface area contributed by atoms with Crippen molar-refractivity contribution in [2.45, 2.75) is 76.8 Å². The molecule has 0 bridgehead atoms. The fraction of sp³-hybridized carbons (Fsp3) is 1.00. The van der Waals surface area contributed by atoms with E-state index in [9.17, 15) is 4.39 Å². The second kappa shape index (κ2) is 8.05. The third-order valence-corrected chi connectivity index (χ3v) is 3.65. The van der Waals surface area contributed by atoms with Crippen LogP contribution < -0.4 is 5.32 Å². The molecule has 0 aromatic heterocycles. The maximum absolute atomic E-state index is 13.9. The highest BCUT2D eigenvalue weighted by atomic mass is 19.1. The first-order chi connectivity index (χ1) is 7.77. The SMILES string of the molecule is CCCCCCCCNCC1(F)CCCC1. The highest BCUT2D eigenvalue weighted by Gasteiger charge is 2.32. The molecule has 0 amide bonds. The van der Waals surface area contributed by atoms with Gasteiger partial charge in [-0.05, 0) is 25.8 Å². The number of halogens is 1. The summed E-state index contributed by atoms with van der Waals surface area (Å²) in [5, 5.41) is 3.28. The molecule has 16 heavy (non-hydrogen) atoms. The molecule has 1 saturated carbocycles. The van der Waals surface area contributed by atoms with Crippen molar-refractivity contribution in [1.29, 1.82) is 0 Å². The van der Waals surface area contributed by atoms with Gasteiger partial charge < -0.3 is 5.32 Å². The van der Waals surface area contributed by atoms with Crippen molar-refractivity contribution in [3.05, 3.63) is 0 Å². The van der Waals surface area contributed by atoms with Crippen LogP contribution in [-0.2, 0) is 0 Å². The molecule has 1 aliphatic rings. The molecule has 0 saturated heterocycles. The Bertz CT molecular complexity index is 164. The molecule has 0 spiro atoms. The van der Waals surface area contributed by atoms with Crippen molar-refractivity contribution in [1.82, 2.24) is 5.32 Å².